The highest BCUT2D eigenvalue weighted by Gasteiger charge is 2.32. The lowest BCUT2D eigenvalue weighted by molar-refractivity contribution is -0.137. The maximum Gasteiger partial charge on any atom is 0.416 e. The number of nitrogens with zero attached hydrogens (tertiary/aromatic N) is 3. The topological polar surface area (TPSA) is 49.1 Å². The molecule has 5 rings (SSSR count). The van der Waals surface area contributed by atoms with Gasteiger partial charge >= 0.3 is 6.18 Å². The predicted octanol–water partition coefficient (Wildman–Crippen LogP) is 7.06. The van der Waals surface area contributed by atoms with Gasteiger partial charge in [0.1, 0.15) is 11.5 Å². The van der Waals surface area contributed by atoms with Crippen LogP contribution in [0.1, 0.15) is 11.3 Å². The van der Waals surface area contributed by atoms with E-state index in [1.165, 1.54) is 17.8 Å². The van der Waals surface area contributed by atoms with Gasteiger partial charge in [0.15, 0.2) is 5.17 Å². The van der Waals surface area contributed by atoms with Crippen molar-refractivity contribution >= 4 is 57.8 Å². The number of carbonyl (C=O) groups excluding carboxylic acids is 1. The van der Waals surface area contributed by atoms with Gasteiger partial charge in [-0.05, 0) is 60.3 Å². The fourth-order valence-corrected chi connectivity index (χ4v) is 5.41. The molecule has 1 aromatic heterocycles. The quantitative estimate of drug-likeness (QED) is 0.326. The average Bonchev–Trinajstić information content (AvgIpc) is 3.45. The van der Waals surface area contributed by atoms with Crippen LogP contribution in [0.4, 0.5) is 18.9 Å². The summed E-state index contributed by atoms with van der Waals surface area (Å²) in [5.41, 5.74) is 0.543. The van der Waals surface area contributed by atoms with Gasteiger partial charge in [0.25, 0.3) is 5.91 Å². The monoisotopic (exact) mass is 551 g/mol. The summed E-state index contributed by atoms with van der Waals surface area (Å²) in [5, 5.41) is 1.55. The van der Waals surface area contributed by atoms with Crippen LogP contribution in [0.15, 0.2) is 68.9 Å². The van der Waals surface area contributed by atoms with Crippen molar-refractivity contribution in [2.24, 2.45) is 4.99 Å². The summed E-state index contributed by atoms with van der Waals surface area (Å²) in [6.45, 7) is 2.08. The van der Waals surface area contributed by atoms with Crippen LogP contribution in [0.3, 0.4) is 0 Å². The van der Waals surface area contributed by atoms with Crippen LogP contribution >= 0.6 is 35.0 Å². The van der Waals surface area contributed by atoms with Crippen molar-refractivity contribution in [1.29, 1.82) is 0 Å². The fraction of sp³-hybridized carbons (Fsp3) is 0.200. The number of piperazine rings is 1. The number of halogens is 5. The molecule has 0 radical (unpaired) electrons. The Balaban J connectivity index is 1.23. The molecule has 0 saturated carbocycles. The molecule has 2 aliphatic heterocycles. The third-order valence-electron chi connectivity index (χ3n) is 5.79. The Bertz CT molecular complexity index is 1380. The first-order valence-corrected chi connectivity index (χ1v) is 12.5. The molecule has 2 aromatic carbocycles. The number of hydrogen-bond donors (Lipinski definition) is 0. The van der Waals surface area contributed by atoms with E-state index in [1.54, 1.807) is 42.5 Å². The van der Waals surface area contributed by atoms with Gasteiger partial charge < -0.3 is 14.2 Å². The minimum absolute atomic E-state index is 0.363. The Labute approximate surface area is 219 Å². The van der Waals surface area contributed by atoms with Crippen molar-refractivity contribution in [2.75, 3.05) is 31.1 Å². The summed E-state index contributed by atoms with van der Waals surface area (Å²) < 4.78 is 45.0. The fourth-order valence-electron chi connectivity index (χ4n) is 3.96. The Morgan fingerprint density at radius 3 is 2.44 bits per heavy atom. The first-order valence-electron chi connectivity index (χ1n) is 10.9. The molecule has 3 aromatic rings. The van der Waals surface area contributed by atoms with Gasteiger partial charge in [-0.3, -0.25) is 4.79 Å². The molecule has 1 fully saturated rings. The Morgan fingerprint density at radius 2 is 1.72 bits per heavy atom. The van der Waals surface area contributed by atoms with E-state index in [0.29, 0.717) is 69.1 Å². The van der Waals surface area contributed by atoms with E-state index < -0.39 is 11.7 Å². The molecule has 1 saturated heterocycles. The smallest absolute Gasteiger partial charge is 0.416 e. The number of alkyl halides is 3. The summed E-state index contributed by atoms with van der Waals surface area (Å²) in [7, 11) is 0. The Morgan fingerprint density at radius 1 is 0.972 bits per heavy atom. The van der Waals surface area contributed by atoms with Gasteiger partial charge in [-0.1, -0.05) is 29.3 Å². The summed E-state index contributed by atoms with van der Waals surface area (Å²) in [4.78, 5) is 21.0. The molecule has 2 aliphatic rings. The number of hydrogen-bond acceptors (Lipinski definition) is 5. The van der Waals surface area contributed by atoms with Crippen LogP contribution in [0.25, 0.3) is 17.4 Å². The highest BCUT2D eigenvalue weighted by atomic mass is 35.5. The SMILES string of the molecule is O=C1N=C(N2CCN(c3cccc(C(F)(F)F)c3)CC2)SC1=Cc1ccc(-c2ccc(Cl)cc2Cl)o1. The lowest BCUT2D eigenvalue weighted by Gasteiger charge is -2.36. The molecule has 0 spiro atoms. The van der Waals surface area contributed by atoms with Crippen molar-refractivity contribution in [3.8, 4) is 11.3 Å². The molecular weight excluding hydrogens is 534 g/mol. The number of benzene rings is 2. The lowest BCUT2D eigenvalue weighted by atomic mass is 10.1. The zero-order chi connectivity index (χ0) is 25.4. The molecule has 0 atom stereocenters. The van der Waals surface area contributed by atoms with Crippen LogP contribution in [-0.2, 0) is 11.0 Å². The number of amides is 1. The van der Waals surface area contributed by atoms with Crippen molar-refractivity contribution in [3.63, 3.8) is 0 Å². The summed E-state index contributed by atoms with van der Waals surface area (Å²) in [6, 6.07) is 13.9. The van der Waals surface area contributed by atoms with Gasteiger partial charge in [-0.25, -0.2) is 0 Å². The summed E-state index contributed by atoms with van der Waals surface area (Å²) in [5.74, 6) is 0.668. The van der Waals surface area contributed by atoms with Crippen molar-refractivity contribution in [1.82, 2.24) is 4.90 Å². The third-order valence-corrected chi connectivity index (χ3v) is 7.39. The van der Waals surface area contributed by atoms with Crippen molar-refractivity contribution in [3.05, 3.63) is 80.9 Å². The zero-order valence-corrected chi connectivity index (χ0v) is 20.9. The van der Waals surface area contributed by atoms with Gasteiger partial charge in [0.05, 0.1) is 15.5 Å². The molecule has 186 valence electrons. The lowest BCUT2D eigenvalue weighted by Crippen LogP contribution is -2.47. The minimum atomic E-state index is -4.38. The standard InChI is InChI=1S/C25H18Cl2F3N3O2S/c26-16-4-6-19(20(27)13-16)21-7-5-18(35-21)14-22-23(34)31-24(36-22)33-10-8-32(9-11-33)17-3-1-2-15(12-17)25(28,29)30/h1-7,12-14H,8-11H2. The van der Waals surface area contributed by atoms with E-state index in [-0.39, 0.29) is 5.91 Å². The summed E-state index contributed by atoms with van der Waals surface area (Å²) in [6.07, 6.45) is -2.75. The molecule has 36 heavy (non-hydrogen) atoms. The van der Waals surface area contributed by atoms with Crippen LogP contribution in [0, 0.1) is 0 Å². The van der Waals surface area contributed by atoms with E-state index in [0.717, 1.165) is 12.1 Å². The van der Waals surface area contributed by atoms with Crippen molar-refractivity contribution in [2.45, 2.75) is 6.18 Å². The molecule has 3 heterocycles. The van der Waals surface area contributed by atoms with Gasteiger partial charge in [0, 0.05) is 48.5 Å². The average molecular weight is 552 g/mol. The molecule has 0 bridgehead atoms. The van der Waals surface area contributed by atoms with Gasteiger partial charge in [-0.15, -0.1) is 0 Å². The molecule has 0 N–H and O–H groups in total. The maximum atomic E-state index is 13.1. The molecule has 0 aliphatic carbocycles. The van der Waals surface area contributed by atoms with E-state index in [9.17, 15) is 18.0 Å². The number of anilines is 1. The van der Waals surface area contributed by atoms with E-state index in [2.05, 4.69) is 4.99 Å². The second kappa shape index (κ2) is 9.88. The van der Waals surface area contributed by atoms with Crippen molar-refractivity contribution < 1.29 is 22.4 Å². The Kier molecular flexibility index (Phi) is 6.80. The number of amidine groups is 1. The number of rotatable bonds is 3. The molecular formula is C25H18Cl2F3N3O2S. The molecule has 1 amide bonds. The van der Waals surface area contributed by atoms with E-state index in [1.807, 2.05) is 9.80 Å². The number of thioether (sulfide) groups is 1. The van der Waals surface area contributed by atoms with Crippen LogP contribution in [0.2, 0.25) is 10.0 Å². The minimum Gasteiger partial charge on any atom is -0.457 e. The second-order valence-corrected chi connectivity index (χ2v) is 10.0. The highest BCUT2D eigenvalue weighted by molar-refractivity contribution is 8.18. The van der Waals surface area contributed by atoms with Crippen LogP contribution in [0.5, 0.6) is 0 Å². The summed E-state index contributed by atoms with van der Waals surface area (Å²) >= 11 is 13.5. The molecule has 5 nitrogen and oxygen atoms in total. The number of aliphatic imine (C=N–C) groups is 1. The largest absolute Gasteiger partial charge is 0.457 e. The first kappa shape index (κ1) is 24.8. The predicted molar refractivity (Wildman–Crippen MR) is 137 cm³/mol. The van der Waals surface area contributed by atoms with Crippen LogP contribution < -0.4 is 4.90 Å². The highest BCUT2D eigenvalue weighted by Crippen LogP contribution is 2.35. The zero-order valence-electron chi connectivity index (χ0n) is 18.6. The number of furan rings is 1. The van der Waals surface area contributed by atoms with E-state index in [4.69, 9.17) is 27.6 Å². The molecule has 0 unspecified atom stereocenters. The maximum absolute atomic E-state index is 13.1. The second-order valence-electron chi connectivity index (χ2n) is 8.16. The normalized spacial score (nSPS) is 17.8. The number of carbonyl (C=O) groups is 1. The van der Waals surface area contributed by atoms with Gasteiger partial charge in [-0.2, -0.15) is 18.2 Å². The Hall–Kier alpha value is -2.88. The molecule has 11 heteroatoms. The third kappa shape index (κ3) is 5.28. The van der Waals surface area contributed by atoms with E-state index >= 15 is 0 Å². The van der Waals surface area contributed by atoms with Gasteiger partial charge in [0.2, 0.25) is 0 Å². The van der Waals surface area contributed by atoms with Crippen LogP contribution in [-0.4, -0.2) is 42.2 Å². The first-order chi connectivity index (χ1) is 17.2.